The molecule has 2 aliphatic rings. The second kappa shape index (κ2) is 9.20. The van der Waals surface area contributed by atoms with E-state index in [4.69, 9.17) is 5.73 Å². The maximum Gasteiger partial charge on any atom is 0.0488 e. The van der Waals surface area contributed by atoms with E-state index in [9.17, 15) is 5.11 Å². The van der Waals surface area contributed by atoms with Crippen molar-refractivity contribution in [2.75, 3.05) is 19.7 Å². The van der Waals surface area contributed by atoms with Crippen molar-refractivity contribution in [2.24, 2.45) is 17.6 Å². The number of piperidine rings is 1. The molecule has 1 saturated heterocycles. The van der Waals surface area contributed by atoms with Crippen LogP contribution >= 0.6 is 0 Å². The number of nitrogens with zero attached hydrogens (tertiary/aromatic N) is 2. The van der Waals surface area contributed by atoms with Crippen LogP contribution in [0.4, 0.5) is 0 Å². The van der Waals surface area contributed by atoms with E-state index in [0.717, 1.165) is 17.9 Å². The molecular formula is C25H39N3O. The number of hydrogen-bond donors (Lipinski definition) is 2. The van der Waals surface area contributed by atoms with Gasteiger partial charge in [-0.25, -0.2) is 0 Å². The Morgan fingerprint density at radius 1 is 1.00 bits per heavy atom. The molecule has 0 atom stereocenters. The first-order valence-corrected chi connectivity index (χ1v) is 11.8. The molecule has 0 bridgehead atoms. The van der Waals surface area contributed by atoms with Gasteiger partial charge in [0, 0.05) is 61.3 Å². The van der Waals surface area contributed by atoms with Gasteiger partial charge in [0.15, 0.2) is 0 Å². The van der Waals surface area contributed by atoms with Crippen molar-refractivity contribution in [2.45, 2.75) is 77.4 Å². The van der Waals surface area contributed by atoms with E-state index >= 15 is 0 Å². The number of para-hydroxylation sites is 1. The van der Waals surface area contributed by atoms with Gasteiger partial charge < -0.3 is 20.3 Å². The van der Waals surface area contributed by atoms with E-state index < -0.39 is 0 Å². The first-order valence-electron chi connectivity index (χ1n) is 11.8. The van der Waals surface area contributed by atoms with Crippen LogP contribution in [0.15, 0.2) is 24.3 Å². The first kappa shape index (κ1) is 20.9. The third-order valence-corrected chi connectivity index (χ3v) is 7.75. The predicted molar refractivity (Wildman–Crippen MR) is 121 cm³/mol. The summed E-state index contributed by atoms with van der Waals surface area (Å²) in [4.78, 5) is 2.77. The first-order chi connectivity index (χ1) is 14.1. The molecule has 3 N–H and O–H groups in total. The summed E-state index contributed by atoms with van der Waals surface area (Å²) in [6.45, 7) is 7.90. The number of rotatable bonds is 6. The molecule has 4 nitrogen and oxygen atoms in total. The van der Waals surface area contributed by atoms with Gasteiger partial charge in [0.05, 0.1) is 0 Å². The number of aliphatic hydroxyl groups is 1. The molecule has 1 aliphatic carbocycles. The number of benzene rings is 1. The van der Waals surface area contributed by atoms with Crippen LogP contribution in [0.3, 0.4) is 0 Å². The van der Waals surface area contributed by atoms with Crippen molar-refractivity contribution in [3.05, 3.63) is 35.5 Å². The standard InChI is InChI=1S/C25H39N3O/c1-18(2)19-7-9-20(10-8-19)27-14-11-21(12-15-27)28-24-6-4-3-5-22(24)23(17-26)25(28)13-16-29/h3-6,18-21,29H,7-17,26H2,1-2H3. The van der Waals surface area contributed by atoms with E-state index in [2.05, 4.69) is 47.6 Å². The summed E-state index contributed by atoms with van der Waals surface area (Å²) in [7, 11) is 0. The fraction of sp³-hybridized carbons (Fsp3) is 0.680. The minimum Gasteiger partial charge on any atom is -0.396 e. The Labute approximate surface area is 176 Å². The second-order valence-electron chi connectivity index (χ2n) is 9.57. The average molecular weight is 398 g/mol. The number of nitrogens with two attached hydrogens (primary N) is 1. The zero-order valence-electron chi connectivity index (χ0n) is 18.3. The zero-order chi connectivity index (χ0) is 20.4. The van der Waals surface area contributed by atoms with E-state index in [-0.39, 0.29) is 6.61 Å². The summed E-state index contributed by atoms with van der Waals surface area (Å²) in [6.07, 6.45) is 8.67. The molecule has 2 aromatic rings. The smallest absolute Gasteiger partial charge is 0.0488 e. The lowest BCUT2D eigenvalue weighted by Gasteiger charge is -2.42. The molecule has 29 heavy (non-hydrogen) atoms. The van der Waals surface area contributed by atoms with Gasteiger partial charge in [0.2, 0.25) is 0 Å². The molecule has 1 saturated carbocycles. The lowest BCUT2D eigenvalue weighted by Crippen LogP contribution is -2.44. The predicted octanol–water partition coefficient (Wildman–Crippen LogP) is 4.49. The molecule has 2 fully saturated rings. The van der Waals surface area contributed by atoms with Gasteiger partial charge in [-0.1, -0.05) is 32.0 Å². The zero-order valence-corrected chi connectivity index (χ0v) is 18.3. The van der Waals surface area contributed by atoms with E-state index in [1.54, 1.807) is 0 Å². The fourth-order valence-electron chi connectivity index (χ4n) is 6.05. The summed E-state index contributed by atoms with van der Waals surface area (Å²) >= 11 is 0. The SMILES string of the molecule is CC(C)C1CCC(N2CCC(n3c(CCO)c(CN)c4ccccc43)CC2)CC1. The van der Waals surface area contributed by atoms with Crippen LogP contribution in [-0.4, -0.2) is 40.3 Å². The van der Waals surface area contributed by atoms with Crippen molar-refractivity contribution in [3.8, 4) is 0 Å². The Morgan fingerprint density at radius 3 is 2.31 bits per heavy atom. The molecule has 0 unspecified atom stereocenters. The third-order valence-electron chi connectivity index (χ3n) is 7.75. The molecule has 1 aromatic carbocycles. The van der Waals surface area contributed by atoms with Gasteiger partial charge in [0.25, 0.3) is 0 Å². The van der Waals surface area contributed by atoms with Crippen molar-refractivity contribution in [3.63, 3.8) is 0 Å². The molecule has 4 heteroatoms. The van der Waals surface area contributed by atoms with Crippen molar-refractivity contribution >= 4 is 10.9 Å². The second-order valence-corrected chi connectivity index (χ2v) is 9.57. The average Bonchev–Trinajstić information content (AvgIpc) is 3.07. The van der Waals surface area contributed by atoms with Gasteiger partial charge in [-0.2, -0.15) is 0 Å². The Morgan fingerprint density at radius 2 is 1.69 bits per heavy atom. The van der Waals surface area contributed by atoms with Crippen LogP contribution in [0, 0.1) is 11.8 Å². The number of aromatic nitrogens is 1. The van der Waals surface area contributed by atoms with Crippen molar-refractivity contribution in [1.82, 2.24) is 9.47 Å². The molecule has 0 spiro atoms. The van der Waals surface area contributed by atoms with E-state index in [0.29, 0.717) is 19.0 Å². The monoisotopic (exact) mass is 397 g/mol. The number of hydrogen-bond acceptors (Lipinski definition) is 3. The molecule has 1 aromatic heterocycles. The van der Waals surface area contributed by atoms with Crippen LogP contribution in [-0.2, 0) is 13.0 Å². The van der Waals surface area contributed by atoms with Crippen LogP contribution in [0.5, 0.6) is 0 Å². The van der Waals surface area contributed by atoms with Crippen LogP contribution in [0.1, 0.15) is 69.7 Å². The van der Waals surface area contributed by atoms with Crippen molar-refractivity contribution < 1.29 is 5.11 Å². The van der Waals surface area contributed by atoms with Crippen LogP contribution < -0.4 is 5.73 Å². The quantitative estimate of drug-likeness (QED) is 0.755. The summed E-state index contributed by atoms with van der Waals surface area (Å²) in [5, 5.41) is 11.0. The number of fused-ring (bicyclic) bond motifs is 1. The molecule has 0 amide bonds. The normalized spacial score (nSPS) is 24.6. The summed E-state index contributed by atoms with van der Waals surface area (Å²) in [5.74, 6) is 1.77. The van der Waals surface area contributed by atoms with Gasteiger partial charge in [0.1, 0.15) is 0 Å². The van der Waals surface area contributed by atoms with Gasteiger partial charge in [-0.15, -0.1) is 0 Å². The van der Waals surface area contributed by atoms with Gasteiger partial charge in [-0.3, -0.25) is 0 Å². The Balaban J connectivity index is 1.49. The molecule has 160 valence electrons. The van der Waals surface area contributed by atoms with E-state index in [1.807, 2.05) is 0 Å². The minimum absolute atomic E-state index is 0.182. The summed E-state index contributed by atoms with van der Waals surface area (Å²) in [5.41, 5.74) is 9.92. The summed E-state index contributed by atoms with van der Waals surface area (Å²) in [6, 6.07) is 9.97. The molecular weight excluding hydrogens is 358 g/mol. The Bertz CT molecular complexity index is 796. The minimum atomic E-state index is 0.182. The molecule has 0 radical (unpaired) electrons. The lowest BCUT2D eigenvalue weighted by molar-refractivity contribution is 0.0888. The Kier molecular flexibility index (Phi) is 6.63. The van der Waals surface area contributed by atoms with Crippen LogP contribution in [0.25, 0.3) is 10.9 Å². The Hall–Kier alpha value is -1.36. The van der Waals surface area contributed by atoms with E-state index in [1.165, 1.54) is 73.8 Å². The number of likely N-dealkylation sites (tertiary alicyclic amines) is 1. The maximum absolute atomic E-state index is 9.70. The largest absolute Gasteiger partial charge is 0.396 e. The van der Waals surface area contributed by atoms with Gasteiger partial charge in [-0.05, 0) is 62.0 Å². The summed E-state index contributed by atoms with van der Waals surface area (Å²) < 4.78 is 2.53. The molecule has 4 rings (SSSR count). The lowest BCUT2D eigenvalue weighted by atomic mass is 9.79. The van der Waals surface area contributed by atoms with Gasteiger partial charge >= 0.3 is 0 Å². The highest BCUT2D eigenvalue weighted by Crippen LogP contribution is 2.37. The molecule has 1 aliphatic heterocycles. The topological polar surface area (TPSA) is 54.4 Å². The number of aliphatic hydroxyl groups excluding tert-OH is 1. The van der Waals surface area contributed by atoms with Crippen molar-refractivity contribution in [1.29, 1.82) is 0 Å². The highest BCUT2D eigenvalue weighted by Gasteiger charge is 2.31. The van der Waals surface area contributed by atoms with Crippen LogP contribution in [0.2, 0.25) is 0 Å². The molecule has 2 heterocycles. The fourth-order valence-corrected chi connectivity index (χ4v) is 6.05. The highest BCUT2D eigenvalue weighted by molar-refractivity contribution is 5.85. The third kappa shape index (κ3) is 4.12. The maximum atomic E-state index is 9.70. The highest BCUT2D eigenvalue weighted by atomic mass is 16.3.